The molecule has 2 aromatic heterocycles. The second-order valence-corrected chi connectivity index (χ2v) is 5.73. The van der Waals surface area contributed by atoms with Crippen LogP contribution in [0.5, 0.6) is 0 Å². The summed E-state index contributed by atoms with van der Waals surface area (Å²) in [5.41, 5.74) is 4.77. The standard InChI is InChI=1S/C14H21N3OS/c1-10-4-7-19-14(10)9-15-8-13-11(2)16-17(5-6-18)12(13)3/h4,7,15,18H,5-6,8-9H2,1-3H3. The van der Waals surface area contributed by atoms with Crippen molar-refractivity contribution < 1.29 is 5.11 Å². The van der Waals surface area contributed by atoms with Crippen LogP contribution in [0, 0.1) is 20.8 Å². The summed E-state index contributed by atoms with van der Waals surface area (Å²) in [5.74, 6) is 0. The minimum Gasteiger partial charge on any atom is -0.394 e. The van der Waals surface area contributed by atoms with Crippen molar-refractivity contribution >= 4 is 11.3 Å². The number of thiophene rings is 1. The molecule has 0 aliphatic heterocycles. The van der Waals surface area contributed by atoms with Crippen LogP contribution in [-0.4, -0.2) is 21.5 Å². The monoisotopic (exact) mass is 279 g/mol. The molecule has 0 aliphatic carbocycles. The smallest absolute Gasteiger partial charge is 0.0644 e. The van der Waals surface area contributed by atoms with E-state index >= 15 is 0 Å². The van der Waals surface area contributed by atoms with Gasteiger partial charge in [-0.3, -0.25) is 4.68 Å². The maximum absolute atomic E-state index is 9.00. The van der Waals surface area contributed by atoms with Crippen molar-refractivity contribution in [3.63, 3.8) is 0 Å². The maximum atomic E-state index is 9.00. The minimum absolute atomic E-state index is 0.128. The predicted molar refractivity (Wildman–Crippen MR) is 78.4 cm³/mol. The molecule has 2 N–H and O–H groups in total. The number of nitrogens with one attached hydrogen (secondary N) is 1. The van der Waals surface area contributed by atoms with Crippen LogP contribution < -0.4 is 5.32 Å². The highest BCUT2D eigenvalue weighted by atomic mass is 32.1. The molecule has 0 atom stereocenters. The van der Waals surface area contributed by atoms with Crippen LogP contribution in [0.1, 0.15) is 27.4 Å². The van der Waals surface area contributed by atoms with Crippen molar-refractivity contribution in [2.75, 3.05) is 6.61 Å². The lowest BCUT2D eigenvalue weighted by Crippen LogP contribution is -2.14. The van der Waals surface area contributed by atoms with Gasteiger partial charge in [-0.25, -0.2) is 0 Å². The van der Waals surface area contributed by atoms with E-state index in [2.05, 4.69) is 35.7 Å². The Labute approximate surface area is 118 Å². The van der Waals surface area contributed by atoms with Crippen LogP contribution in [0.2, 0.25) is 0 Å². The summed E-state index contributed by atoms with van der Waals surface area (Å²) in [6, 6.07) is 2.15. The minimum atomic E-state index is 0.128. The van der Waals surface area contributed by atoms with E-state index in [0.29, 0.717) is 6.54 Å². The fourth-order valence-corrected chi connectivity index (χ4v) is 3.06. The molecule has 0 saturated carbocycles. The van der Waals surface area contributed by atoms with Gasteiger partial charge in [0.1, 0.15) is 0 Å². The molecule has 2 heterocycles. The molecule has 0 aliphatic rings. The van der Waals surface area contributed by atoms with Crippen molar-refractivity contribution in [1.82, 2.24) is 15.1 Å². The Bertz CT molecular complexity index is 545. The largest absolute Gasteiger partial charge is 0.394 e. The highest BCUT2D eigenvalue weighted by molar-refractivity contribution is 7.10. The molecule has 19 heavy (non-hydrogen) atoms. The first kappa shape index (κ1) is 14.2. The quantitative estimate of drug-likeness (QED) is 0.852. The first-order chi connectivity index (χ1) is 9.13. The van der Waals surface area contributed by atoms with Gasteiger partial charge in [-0.2, -0.15) is 5.10 Å². The number of aliphatic hydroxyl groups is 1. The Morgan fingerprint density at radius 3 is 2.74 bits per heavy atom. The van der Waals surface area contributed by atoms with E-state index in [4.69, 9.17) is 5.11 Å². The van der Waals surface area contributed by atoms with Crippen LogP contribution in [-0.2, 0) is 19.6 Å². The molecule has 5 heteroatoms. The second kappa shape index (κ2) is 6.32. The highest BCUT2D eigenvalue weighted by Gasteiger charge is 2.10. The SMILES string of the molecule is Cc1ccsc1CNCc1c(C)nn(CCO)c1C. The van der Waals surface area contributed by atoms with Gasteiger partial charge < -0.3 is 10.4 Å². The third kappa shape index (κ3) is 3.23. The fraction of sp³-hybridized carbons (Fsp3) is 0.500. The van der Waals surface area contributed by atoms with E-state index in [-0.39, 0.29) is 6.61 Å². The molecule has 2 rings (SSSR count). The first-order valence-corrected chi connectivity index (χ1v) is 7.39. The van der Waals surface area contributed by atoms with Crippen molar-refractivity contribution in [3.8, 4) is 0 Å². The summed E-state index contributed by atoms with van der Waals surface area (Å²) >= 11 is 1.79. The summed E-state index contributed by atoms with van der Waals surface area (Å²) in [5, 5.41) is 19.1. The first-order valence-electron chi connectivity index (χ1n) is 6.51. The molecule has 4 nitrogen and oxygen atoms in total. The average Bonchev–Trinajstić information content (AvgIpc) is 2.89. The van der Waals surface area contributed by atoms with Gasteiger partial charge in [-0.05, 0) is 37.8 Å². The molecule has 0 radical (unpaired) electrons. The summed E-state index contributed by atoms with van der Waals surface area (Å²) in [7, 11) is 0. The lowest BCUT2D eigenvalue weighted by Gasteiger charge is -2.06. The van der Waals surface area contributed by atoms with E-state index in [1.807, 2.05) is 11.6 Å². The van der Waals surface area contributed by atoms with Gasteiger partial charge in [0.05, 0.1) is 18.8 Å². The molecular formula is C14H21N3OS. The number of hydrogen-bond acceptors (Lipinski definition) is 4. The Balaban J connectivity index is 1.98. The zero-order valence-corrected chi connectivity index (χ0v) is 12.5. The summed E-state index contributed by atoms with van der Waals surface area (Å²) in [6.07, 6.45) is 0. The Morgan fingerprint density at radius 1 is 1.32 bits per heavy atom. The summed E-state index contributed by atoms with van der Waals surface area (Å²) in [6.45, 7) is 8.63. The molecule has 0 spiro atoms. The Morgan fingerprint density at radius 2 is 2.11 bits per heavy atom. The molecule has 0 bridgehead atoms. The zero-order chi connectivity index (χ0) is 13.8. The number of aromatic nitrogens is 2. The average molecular weight is 279 g/mol. The lowest BCUT2D eigenvalue weighted by atomic mass is 10.2. The molecule has 0 saturated heterocycles. The van der Waals surface area contributed by atoms with Gasteiger partial charge in [0.25, 0.3) is 0 Å². The normalized spacial score (nSPS) is 11.2. The van der Waals surface area contributed by atoms with Gasteiger partial charge in [-0.15, -0.1) is 11.3 Å². The Hall–Kier alpha value is -1.17. The van der Waals surface area contributed by atoms with Gasteiger partial charge >= 0.3 is 0 Å². The van der Waals surface area contributed by atoms with E-state index in [0.717, 1.165) is 24.5 Å². The molecule has 104 valence electrons. The van der Waals surface area contributed by atoms with Gasteiger partial charge in [0, 0.05) is 29.2 Å². The lowest BCUT2D eigenvalue weighted by molar-refractivity contribution is 0.267. The molecule has 0 fully saturated rings. The predicted octanol–water partition coefficient (Wildman–Crippen LogP) is 2.15. The molecule has 0 aromatic carbocycles. The second-order valence-electron chi connectivity index (χ2n) is 4.73. The van der Waals surface area contributed by atoms with Crippen LogP contribution in [0.4, 0.5) is 0 Å². The Kier molecular flexibility index (Phi) is 4.74. The highest BCUT2D eigenvalue weighted by Crippen LogP contribution is 2.16. The summed E-state index contributed by atoms with van der Waals surface area (Å²) in [4.78, 5) is 1.39. The van der Waals surface area contributed by atoms with Gasteiger partial charge in [0.15, 0.2) is 0 Å². The van der Waals surface area contributed by atoms with Gasteiger partial charge in [0.2, 0.25) is 0 Å². The van der Waals surface area contributed by atoms with Crippen molar-refractivity contribution in [2.24, 2.45) is 0 Å². The fourth-order valence-electron chi connectivity index (χ4n) is 2.19. The maximum Gasteiger partial charge on any atom is 0.0644 e. The number of nitrogens with zero attached hydrogens (tertiary/aromatic N) is 2. The van der Waals surface area contributed by atoms with Crippen molar-refractivity contribution in [1.29, 1.82) is 0 Å². The number of rotatable bonds is 6. The molecular weight excluding hydrogens is 258 g/mol. The van der Waals surface area contributed by atoms with Gasteiger partial charge in [-0.1, -0.05) is 0 Å². The van der Waals surface area contributed by atoms with E-state index < -0.39 is 0 Å². The zero-order valence-electron chi connectivity index (χ0n) is 11.7. The number of aliphatic hydroxyl groups excluding tert-OH is 1. The third-order valence-corrected chi connectivity index (χ3v) is 4.42. The number of hydrogen-bond donors (Lipinski definition) is 2. The van der Waals surface area contributed by atoms with Crippen LogP contribution >= 0.6 is 11.3 Å². The van der Waals surface area contributed by atoms with Crippen molar-refractivity contribution in [3.05, 3.63) is 38.8 Å². The van der Waals surface area contributed by atoms with E-state index in [9.17, 15) is 0 Å². The number of aryl methyl sites for hydroxylation is 2. The molecule has 2 aromatic rings. The third-order valence-electron chi connectivity index (χ3n) is 3.40. The molecule has 0 amide bonds. The summed E-state index contributed by atoms with van der Waals surface area (Å²) < 4.78 is 1.88. The topological polar surface area (TPSA) is 50.1 Å². The van der Waals surface area contributed by atoms with Crippen LogP contribution in [0.25, 0.3) is 0 Å². The van der Waals surface area contributed by atoms with Crippen LogP contribution in [0.15, 0.2) is 11.4 Å². The van der Waals surface area contributed by atoms with E-state index in [1.165, 1.54) is 16.0 Å². The van der Waals surface area contributed by atoms with Crippen LogP contribution in [0.3, 0.4) is 0 Å². The van der Waals surface area contributed by atoms with Crippen molar-refractivity contribution in [2.45, 2.75) is 40.4 Å². The molecule has 0 unspecified atom stereocenters. The van der Waals surface area contributed by atoms with E-state index in [1.54, 1.807) is 11.3 Å².